The molecule has 0 bridgehead atoms. The van der Waals surface area contributed by atoms with Crippen molar-refractivity contribution >= 4 is 11.6 Å². The first-order chi connectivity index (χ1) is 9.60. The maximum atomic E-state index is 6.46. The molecule has 1 unspecified atom stereocenters. The largest absolute Gasteiger partial charge is 0.313 e. The van der Waals surface area contributed by atoms with Crippen molar-refractivity contribution in [3.05, 3.63) is 46.2 Å². The molecule has 1 atom stereocenters. The van der Waals surface area contributed by atoms with Gasteiger partial charge >= 0.3 is 0 Å². The van der Waals surface area contributed by atoms with Crippen LogP contribution in [-0.2, 0) is 12.8 Å². The van der Waals surface area contributed by atoms with E-state index in [4.69, 9.17) is 11.6 Å². The molecule has 2 aromatic rings. The Morgan fingerprint density at radius 1 is 1.25 bits per heavy atom. The Morgan fingerprint density at radius 2 is 2.00 bits per heavy atom. The molecule has 0 aliphatic heterocycles. The van der Waals surface area contributed by atoms with Crippen molar-refractivity contribution in [3.8, 4) is 5.69 Å². The first-order valence-electron chi connectivity index (χ1n) is 7.15. The topological polar surface area (TPSA) is 29.9 Å². The summed E-state index contributed by atoms with van der Waals surface area (Å²) < 4.78 is 1.97. The number of rotatable bonds is 5. The molecule has 108 valence electrons. The van der Waals surface area contributed by atoms with Crippen LogP contribution < -0.4 is 5.32 Å². The zero-order valence-corrected chi connectivity index (χ0v) is 13.3. The molecular formula is C16H22ClN3. The third kappa shape index (κ3) is 2.89. The molecule has 0 radical (unpaired) electrons. The summed E-state index contributed by atoms with van der Waals surface area (Å²) in [6.07, 6.45) is 1.88. The molecule has 0 saturated carbocycles. The predicted octanol–water partition coefficient (Wildman–Crippen LogP) is 3.93. The second-order valence-corrected chi connectivity index (χ2v) is 5.37. The van der Waals surface area contributed by atoms with Gasteiger partial charge in [0.25, 0.3) is 0 Å². The Hall–Kier alpha value is -1.32. The molecule has 0 spiro atoms. The van der Waals surface area contributed by atoms with E-state index in [0.29, 0.717) is 0 Å². The summed E-state index contributed by atoms with van der Waals surface area (Å²) in [5.74, 6) is 0. The zero-order valence-electron chi connectivity index (χ0n) is 12.6. The third-order valence-electron chi connectivity index (χ3n) is 3.69. The van der Waals surface area contributed by atoms with Gasteiger partial charge in [0.1, 0.15) is 0 Å². The monoisotopic (exact) mass is 291 g/mol. The number of benzene rings is 1. The molecule has 0 aliphatic carbocycles. The molecule has 4 heteroatoms. The van der Waals surface area contributed by atoms with Crippen LogP contribution in [0.1, 0.15) is 43.8 Å². The van der Waals surface area contributed by atoms with Crippen molar-refractivity contribution in [2.24, 2.45) is 0 Å². The van der Waals surface area contributed by atoms with E-state index >= 15 is 0 Å². The highest BCUT2D eigenvalue weighted by atomic mass is 35.5. The quantitative estimate of drug-likeness (QED) is 0.904. The minimum absolute atomic E-state index is 0.288. The lowest BCUT2D eigenvalue weighted by Crippen LogP contribution is -2.12. The molecule has 0 aliphatic rings. The van der Waals surface area contributed by atoms with E-state index in [2.05, 4.69) is 49.4 Å². The Balaban J connectivity index is 2.45. The average molecular weight is 292 g/mol. The van der Waals surface area contributed by atoms with Gasteiger partial charge in [-0.05, 0) is 50.6 Å². The van der Waals surface area contributed by atoms with E-state index in [1.54, 1.807) is 0 Å². The van der Waals surface area contributed by atoms with Gasteiger partial charge in [0.15, 0.2) is 0 Å². The standard InChI is InChI=1S/C16H22ClN3/c1-5-13-10-14(6-2)20(19-13)16-8-7-12(9-15(16)17)11(3)18-4/h7-11,18H,5-6H2,1-4H3. The van der Waals surface area contributed by atoms with Gasteiger partial charge < -0.3 is 5.32 Å². The normalized spacial score (nSPS) is 12.7. The van der Waals surface area contributed by atoms with Crippen molar-refractivity contribution in [2.45, 2.75) is 39.7 Å². The fourth-order valence-corrected chi connectivity index (χ4v) is 2.51. The average Bonchev–Trinajstić information content (AvgIpc) is 2.89. The van der Waals surface area contributed by atoms with Crippen LogP contribution in [0.25, 0.3) is 5.69 Å². The maximum Gasteiger partial charge on any atom is 0.0835 e. The Morgan fingerprint density at radius 3 is 2.55 bits per heavy atom. The molecule has 1 N–H and O–H groups in total. The number of aromatic nitrogens is 2. The van der Waals surface area contributed by atoms with Crippen molar-refractivity contribution < 1.29 is 0 Å². The van der Waals surface area contributed by atoms with Crippen LogP contribution in [-0.4, -0.2) is 16.8 Å². The Labute approximate surface area is 126 Å². The lowest BCUT2D eigenvalue weighted by Gasteiger charge is -2.14. The number of nitrogens with one attached hydrogen (secondary N) is 1. The highest BCUT2D eigenvalue weighted by Gasteiger charge is 2.12. The van der Waals surface area contributed by atoms with Crippen molar-refractivity contribution in [2.75, 3.05) is 7.05 Å². The summed E-state index contributed by atoms with van der Waals surface area (Å²) in [6, 6.07) is 8.62. The number of aryl methyl sites for hydroxylation is 2. The second kappa shape index (κ2) is 6.42. The van der Waals surface area contributed by atoms with E-state index in [1.807, 2.05) is 17.8 Å². The van der Waals surface area contributed by atoms with Gasteiger partial charge in [-0.25, -0.2) is 4.68 Å². The lowest BCUT2D eigenvalue weighted by atomic mass is 10.1. The van der Waals surface area contributed by atoms with Gasteiger partial charge in [0.05, 0.1) is 16.4 Å². The molecule has 20 heavy (non-hydrogen) atoms. The van der Waals surface area contributed by atoms with Crippen LogP contribution >= 0.6 is 11.6 Å². The van der Waals surface area contributed by atoms with E-state index < -0.39 is 0 Å². The number of halogens is 1. The number of hydrogen-bond donors (Lipinski definition) is 1. The van der Waals surface area contributed by atoms with Gasteiger partial charge in [0.2, 0.25) is 0 Å². The van der Waals surface area contributed by atoms with Gasteiger partial charge in [-0.1, -0.05) is 31.5 Å². The lowest BCUT2D eigenvalue weighted by molar-refractivity contribution is 0.652. The molecule has 1 aromatic carbocycles. The molecule has 0 saturated heterocycles. The van der Waals surface area contributed by atoms with E-state index in [1.165, 1.54) is 11.3 Å². The molecule has 0 amide bonds. The van der Waals surface area contributed by atoms with Crippen molar-refractivity contribution in [1.82, 2.24) is 15.1 Å². The Kier molecular flexibility index (Phi) is 4.84. The predicted molar refractivity (Wildman–Crippen MR) is 84.8 cm³/mol. The summed E-state index contributed by atoms with van der Waals surface area (Å²) in [5.41, 5.74) is 4.43. The van der Waals surface area contributed by atoms with E-state index in [9.17, 15) is 0 Å². The third-order valence-corrected chi connectivity index (χ3v) is 3.99. The van der Waals surface area contributed by atoms with Crippen LogP contribution in [0.4, 0.5) is 0 Å². The van der Waals surface area contributed by atoms with Crippen LogP contribution in [0.2, 0.25) is 5.02 Å². The fourth-order valence-electron chi connectivity index (χ4n) is 2.24. The van der Waals surface area contributed by atoms with E-state index in [-0.39, 0.29) is 6.04 Å². The fraction of sp³-hybridized carbons (Fsp3) is 0.438. The van der Waals surface area contributed by atoms with Gasteiger partial charge in [-0.3, -0.25) is 0 Å². The Bertz CT molecular complexity index is 589. The van der Waals surface area contributed by atoms with Gasteiger partial charge in [0, 0.05) is 11.7 Å². The van der Waals surface area contributed by atoms with Crippen LogP contribution in [0.3, 0.4) is 0 Å². The molecule has 1 aromatic heterocycles. The summed E-state index contributed by atoms with van der Waals surface area (Å²) in [4.78, 5) is 0. The minimum Gasteiger partial charge on any atom is -0.313 e. The molecular weight excluding hydrogens is 270 g/mol. The summed E-state index contributed by atoms with van der Waals surface area (Å²) in [7, 11) is 1.95. The van der Waals surface area contributed by atoms with Gasteiger partial charge in [-0.15, -0.1) is 0 Å². The highest BCUT2D eigenvalue weighted by molar-refractivity contribution is 6.32. The van der Waals surface area contributed by atoms with Crippen molar-refractivity contribution in [1.29, 1.82) is 0 Å². The van der Waals surface area contributed by atoms with Crippen LogP contribution in [0, 0.1) is 0 Å². The molecule has 2 rings (SSSR count). The summed E-state index contributed by atoms with van der Waals surface area (Å²) in [5, 5.41) is 8.61. The van der Waals surface area contributed by atoms with Crippen molar-refractivity contribution in [3.63, 3.8) is 0 Å². The minimum atomic E-state index is 0.288. The second-order valence-electron chi connectivity index (χ2n) is 4.97. The smallest absolute Gasteiger partial charge is 0.0835 e. The molecule has 3 nitrogen and oxygen atoms in total. The first-order valence-corrected chi connectivity index (χ1v) is 7.53. The maximum absolute atomic E-state index is 6.46. The summed E-state index contributed by atoms with van der Waals surface area (Å²) in [6.45, 7) is 6.37. The van der Waals surface area contributed by atoms with Gasteiger partial charge in [-0.2, -0.15) is 5.10 Å². The van der Waals surface area contributed by atoms with E-state index in [0.717, 1.165) is 29.2 Å². The number of nitrogens with zero attached hydrogens (tertiary/aromatic N) is 2. The highest BCUT2D eigenvalue weighted by Crippen LogP contribution is 2.26. The molecule has 0 fully saturated rings. The SMILES string of the molecule is CCc1cc(CC)n(-c2ccc(C(C)NC)cc2Cl)n1. The first kappa shape index (κ1) is 15.1. The molecule has 1 heterocycles. The van der Waals surface area contributed by atoms with Crippen LogP contribution in [0.5, 0.6) is 0 Å². The summed E-state index contributed by atoms with van der Waals surface area (Å²) >= 11 is 6.46. The van der Waals surface area contributed by atoms with Crippen LogP contribution in [0.15, 0.2) is 24.3 Å². The number of hydrogen-bond acceptors (Lipinski definition) is 2. The zero-order chi connectivity index (χ0) is 14.7.